The van der Waals surface area contributed by atoms with Crippen molar-refractivity contribution in [3.8, 4) is 11.5 Å². The summed E-state index contributed by atoms with van der Waals surface area (Å²) in [6.07, 6.45) is 0. The predicted octanol–water partition coefficient (Wildman–Crippen LogP) is 4.11. The molecule has 0 atom stereocenters. The van der Waals surface area contributed by atoms with E-state index in [1.807, 2.05) is 6.92 Å². The topological polar surface area (TPSA) is 119 Å². The molecule has 4 rings (SSSR count). The number of para-hydroxylation sites is 2. The molecule has 1 heterocycles. The van der Waals surface area contributed by atoms with Crippen molar-refractivity contribution in [2.24, 2.45) is 0 Å². The molecule has 158 valence electrons. The lowest BCUT2D eigenvalue weighted by atomic mass is 10.1. The van der Waals surface area contributed by atoms with Gasteiger partial charge in [-0.25, -0.2) is 17.9 Å². The van der Waals surface area contributed by atoms with E-state index in [-0.39, 0.29) is 17.1 Å². The van der Waals surface area contributed by atoms with Gasteiger partial charge in [0.05, 0.1) is 22.1 Å². The number of fused-ring (bicyclic) bond motifs is 2. The number of non-ortho nitro benzene ring substituents is 1. The molecule has 3 aromatic rings. The Morgan fingerprint density at radius 2 is 1.77 bits per heavy atom. The van der Waals surface area contributed by atoms with Gasteiger partial charge >= 0.3 is 6.03 Å². The third kappa shape index (κ3) is 4.05. The van der Waals surface area contributed by atoms with Gasteiger partial charge in [-0.2, -0.15) is 0 Å². The third-order valence-electron chi connectivity index (χ3n) is 4.76. The van der Waals surface area contributed by atoms with Crippen molar-refractivity contribution in [1.82, 2.24) is 4.72 Å². The van der Waals surface area contributed by atoms with Crippen molar-refractivity contribution >= 4 is 27.4 Å². The van der Waals surface area contributed by atoms with E-state index in [0.29, 0.717) is 22.7 Å². The number of hydrogen-bond donors (Lipinski definition) is 1. The van der Waals surface area contributed by atoms with Crippen molar-refractivity contribution in [1.29, 1.82) is 0 Å². The van der Waals surface area contributed by atoms with E-state index < -0.39 is 21.0 Å². The van der Waals surface area contributed by atoms with E-state index in [2.05, 4.69) is 4.72 Å². The summed E-state index contributed by atoms with van der Waals surface area (Å²) in [4.78, 5) is 24.8. The quantitative estimate of drug-likeness (QED) is 0.484. The molecule has 0 fully saturated rings. The van der Waals surface area contributed by atoms with Crippen molar-refractivity contribution in [3.05, 3.63) is 88.0 Å². The summed E-state index contributed by atoms with van der Waals surface area (Å²) in [6.45, 7) is 1.70. The molecular weight excluding hydrogens is 422 g/mol. The molecular formula is C21H17N3O6S. The molecule has 1 aliphatic rings. The Bertz CT molecular complexity index is 1290. The van der Waals surface area contributed by atoms with Crippen molar-refractivity contribution < 1.29 is 22.9 Å². The second-order valence-electron chi connectivity index (χ2n) is 6.93. The summed E-state index contributed by atoms with van der Waals surface area (Å²) in [5.74, 6) is 0.660. The second kappa shape index (κ2) is 7.73. The summed E-state index contributed by atoms with van der Waals surface area (Å²) in [5.41, 5.74) is 1.41. The first-order valence-electron chi connectivity index (χ1n) is 9.20. The Balaban J connectivity index is 1.72. The highest BCUT2D eigenvalue weighted by Gasteiger charge is 2.29. The number of nitro groups is 1. The summed E-state index contributed by atoms with van der Waals surface area (Å²) in [7, 11) is -4.13. The van der Waals surface area contributed by atoms with E-state index in [1.165, 1.54) is 35.2 Å². The highest BCUT2D eigenvalue weighted by molar-refractivity contribution is 7.90. The molecule has 0 saturated heterocycles. The fraction of sp³-hybridized carbons (Fsp3) is 0.0952. The lowest BCUT2D eigenvalue weighted by Crippen LogP contribution is -2.42. The average Bonchev–Trinajstić information content (AvgIpc) is 2.90. The SMILES string of the molecule is Cc1ccc(S(=O)(=O)NC(=O)N2Cc3cc([N+](=O)[O-])ccc3Oc3ccccc32)cc1. The molecule has 0 spiro atoms. The number of carbonyl (C=O) groups excluding carboxylic acids is 1. The maximum absolute atomic E-state index is 13.0. The van der Waals surface area contributed by atoms with Gasteiger partial charge in [-0.15, -0.1) is 0 Å². The maximum Gasteiger partial charge on any atom is 0.336 e. The number of anilines is 1. The highest BCUT2D eigenvalue weighted by Crippen LogP contribution is 2.40. The molecule has 2 amide bonds. The zero-order chi connectivity index (χ0) is 22.2. The van der Waals surface area contributed by atoms with E-state index >= 15 is 0 Å². The van der Waals surface area contributed by atoms with Crippen LogP contribution in [0, 0.1) is 17.0 Å². The molecule has 0 unspecified atom stereocenters. The van der Waals surface area contributed by atoms with Crippen LogP contribution in [0.3, 0.4) is 0 Å². The number of aryl methyl sites for hydroxylation is 1. The number of nitro benzene ring substituents is 1. The number of ether oxygens (including phenoxy) is 1. The van der Waals surface area contributed by atoms with Gasteiger partial charge in [-0.05, 0) is 37.3 Å². The number of hydrogen-bond acceptors (Lipinski definition) is 6. The predicted molar refractivity (Wildman–Crippen MR) is 113 cm³/mol. The van der Waals surface area contributed by atoms with E-state index in [1.54, 1.807) is 36.4 Å². The molecule has 1 N–H and O–H groups in total. The average molecular weight is 439 g/mol. The number of sulfonamides is 1. The number of urea groups is 1. The van der Waals surface area contributed by atoms with Crippen LogP contribution in [0.1, 0.15) is 11.1 Å². The summed E-state index contributed by atoms with van der Waals surface area (Å²) in [5, 5.41) is 11.2. The summed E-state index contributed by atoms with van der Waals surface area (Å²) < 4.78 is 33.3. The minimum Gasteiger partial charge on any atom is -0.455 e. The lowest BCUT2D eigenvalue weighted by molar-refractivity contribution is -0.384. The van der Waals surface area contributed by atoms with Crippen LogP contribution in [0.2, 0.25) is 0 Å². The zero-order valence-corrected chi connectivity index (χ0v) is 17.1. The van der Waals surface area contributed by atoms with Crippen LogP contribution in [-0.4, -0.2) is 19.4 Å². The molecule has 1 aliphatic heterocycles. The minimum absolute atomic E-state index is 0.0538. The van der Waals surface area contributed by atoms with Gasteiger partial charge in [0.2, 0.25) is 0 Å². The van der Waals surface area contributed by atoms with Crippen molar-refractivity contribution in [2.75, 3.05) is 4.90 Å². The van der Waals surface area contributed by atoms with E-state index in [0.717, 1.165) is 5.56 Å². The number of carbonyl (C=O) groups is 1. The van der Waals surface area contributed by atoms with E-state index in [9.17, 15) is 23.3 Å². The normalized spacial score (nSPS) is 12.7. The Morgan fingerprint density at radius 3 is 2.48 bits per heavy atom. The zero-order valence-electron chi connectivity index (χ0n) is 16.3. The number of rotatable bonds is 3. The van der Waals surface area contributed by atoms with Gasteiger partial charge < -0.3 is 4.74 Å². The third-order valence-corrected chi connectivity index (χ3v) is 6.09. The summed E-state index contributed by atoms with van der Waals surface area (Å²) >= 11 is 0. The van der Waals surface area contributed by atoms with Crippen molar-refractivity contribution in [2.45, 2.75) is 18.4 Å². The van der Waals surface area contributed by atoms with Crippen LogP contribution < -0.4 is 14.4 Å². The minimum atomic E-state index is -4.13. The largest absolute Gasteiger partial charge is 0.455 e. The smallest absolute Gasteiger partial charge is 0.336 e. The Morgan fingerprint density at radius 1 is 1.06 bits per heavy atom. The Kier molecular flexibility index (Phi) is 5.07. The first-order chi connectivity index (χ1) is 14.7. The second-order valence-corrected chi connectivity index (χ2v) is 8.61. The molecule has 31 heavy (non-hydrogen) atoms. The van der Waals surface area contributed by atoms with Crippen LogP contribution in [0.5, 0.6) is 11.5 Å². The Labute approximate surface area is 178 Å². The number of benzene rings is 3. The number of nitrogens with one attached hydrogen (secondary N) is 1. The first-order valence-corrected chi connectivity index (χ1v) is 10.7. The fourth-order valence-corrected chi connectivity index (χ4v) is 4.12. The van der Waals surface area contributed by atoms with Crippen LogP contribution >= 0.6 is 0 Å². The van der Waals surface area contributed by atoms with Crippen LogP contribution in [0.4, 0.5) is 16.2 Å². The maximum atomic E-state index is 13.0. The lowest BCUT2D eigenvalue weighted by Gasteiger charge is -2.22. The van der Waals surface area contributed by atoms with E-state index in [4.69, 9.17) is 4.74 Å². The van der Waals surface area contributed by atoms with Crippen LogP contribution in [0.15, 0.2) is 71.6 Å². The molecule has 0 radical (unpaired) electrons. The molecule has 0 bridgehead atoms. The van der Waals surface area contributed by atoms with Gasteiger partial charge in [0.25, 0.3) is 15.7 Å². The first kappa shape index (κ1) is 20.4. The standard InChI is InChI=1S/C21H17N3O6S/c1-14-6-9-17(10-7-14)31(28,29)22-21(25)23-13-15-12-16(24(26)27)8-11-19(15)30-20-5-3-2-4-18(20)23/h2-12H,13H2,1H3,(H,22,25). The molecule has 0 aromatic heterocycles. The summed E-state index contributed by atoms with van der Waals surface area (Å²) in [6, 6.07) is 15.8. The molecule has 3 aromatic carbocycles. The van der Waals surface area contributed by atoms with Crippen LogP contribution in [-0.2, 0) is 16.6 Å². The van der Waals surface area contributed by atoms with Crippen LogP contribution in [0.25, 0.3) is 0 Å². The monoisotopic (exact) mass is 439 g/mol. The number of nitrogens with zero attached hydrogens (tertiary/aromatic N) is 2. The molecule has 0 aliphatic carbocycles. The molecule has 10 heteroatoms. The van der Waals surface area contributed by atoms with Gasteiger partial charge in [0, 0.05) is 17.7 Å². The van der Waals surface area contributed by atoms with Gasteiger partial charge in [-0.3, -0.25) is 15.0 Å². The van der Waals surface area contributed by atoms with Crippen molar-refractivity contribution in [3.63, 3.8) is 0 Å². The highest BCUT2D eigenvalue weighted by atomic mass is 32.2. The Hall–Kier alpha value is -3.92. The van der Waals surface area contributed by atoms with Gasteiger partial charge in [-0.1, -0.05) is 29.8 Å². The number of amides is 2. The molecule has 9 nitrogen and oxygen atoms in total. The molecule has 0 saturated carbocycles. The fourth-order valence-electron chi connectivity index (χ4n) is 3.17. The van der Waals surface area contributed by atoms with Gasteiger partial charge in [0.1, 0.15) is 5.75 Å². The van der Waals surface area contributed by atoms with Gasteiger partial charge in [0.15, 0.2) is 5.75 Å².